The highest BCUT2D eigenvalue weighted by Crippen LogP contribution is 2.37. The summed E-state index contributed by atoms with van der Waals surface area (Å²) in [6.45, 7) is 2.86. The summed E-state index contributed by atoms with van der Waals surface area (Å²) in [5.41, 5.74) is 1.96. The van der Waals surface area contributed by atoms with Crippen molar-refractivity contribution < 1.29 is 0 Å². The molecule has 2 aliphatic rings. The predicted octanol–water partition coefficient (Wildman–Crippen LogP) is 2.83. The van der Waals surface area contributed by atoms with E-state index < -0.39 is 0 Å². The van der Waals surface area contributed by atoms with E-state index in [4.69, 9.17) is 10.2 Å². The van der Waals surface area contributed by atoms with Crippen molar-refractivity contribution in [1.29, 1.82) is 5.26 Å². The minimum Gasteiger partial charge on any atom is -0.365 e. The van der Waals surface area contributed by atoms with Gasteiger partial charge in [0.15, 0.2) is 17.5 Å². The molecule has 3 aromatic heterocycles. The molecule has 5 rings (SSSR count). The number of piperidine rings is 1. The molecule has 2 unspecified atom stereocenters. The Kier molecular flexibility index (Phi) is 4.56. The molecule has 150 valence electrons. The molecule has 9 nitrogen and oxygen atoms in total. The molecule has 0 amide bonds. The zero-order chi connectivity index (χ0) is 19.8. The Bertz CT molecular complexity index is 1030. The van der Waals surface area contributed by atoms with Crippen LogP contribution in [-0.2, 0) is 0 Å². The van der Waals surface area contributed by atoms with Crippen molar-refractivity contribution in [3.63, 3.8) is 0 Å². The van der Waals surface area contributed by atoms with E-state index in [1.54, 1.807) is 6.20 Å². The zero-order valence-electron chi connectivity index (χ0n) is 16.5. The van der Waals surface area contributed by atoms with E-state index in [0.29, 0.717) is 30.4 Å². The van der Waals surface area contributed by atoms with Crippen molar-refractivity contribution in [2.75, 3.05) is 17.2 Å². The molecule has 0 spiro atoms. The summed E-state index contributed by atoms with van der Waals surface area (Å²) in [6, 6.07) is 7.71. The maximum atomic E-state index is 8.93. The van der Waals surface area contributed by atoms with Gasteiger partial charge >= 0.3 is 0 Å². The topological polar surface area (TPSA) is 110 Å². The van der Waals surface area contributed by atoms with Crippen molar-refractivity contribution in [1.82, 2.24) is 29.7 Å². The van der Waals surface area contributed by atoms with Gasteiger partial charge in [-0.3, -0.25) is 10.00 Å². The summed E-state index contributed by atoms with van der Waals surface area (Å²) in [6.07, 6.45) is 8.90. The maximum Gasteiger partial charge on any atom is 0.154 e. The largest absolute Gasteiger partial charge is 0.365 e. The highest BCUT2D eigenvalue weighted by molar-refractivity contribution is 5.70. The lowest BCUT2D eigenvalue weighted by molar-refractivity contribution is 0.136. The van der Waals surface area contributed by atoms with Crippen LogP contribution >= 0.6 is 0 Å². The number of aryl methyl sites for hydroxylation is 1. The van der Waals surface area contributed by atoms with Gasteiger partial charge in [-0.1, -0.05) is 0 Å². The number of hydrogen-bond acceptors (Lipinski definition) is 7. The second kappa shape index (κ2) is 7.37. The summed E-state index contributed by atoms with van der Waals surface area (Å²) >= 11 is 0. The Morgan fingerprint density at radius 2 is 2.10 bits per heavy atom. The average molecular weight is 391 g/mol. The van der Waals surface area contributed by atoms with Crippen LogP contribution < -0.4 is 10.6 Å². The zero-order valence-corrected chi connectivity index (χ0v) is 16.5. The second-order valence-corrected chi connectivity index (χ2v) is 8.04. The van der Waals surface area contributed by atoms with Gasteiger partial charge < -0.3 is 10.6 Å². The molecular formula is C20H25N9. The summed E-state index contributed by atoms with van der Waals surface area (Å²) < 4.78 is 1.84. The van der Waals surface area contributed by atoms with Gasteiger partial charge in [0.05, 0.1) is 18.5 Å². The van der Waals surface area contributed by atoms with Gasteiger partial charge in [0.1, 0.15) is 5.52 Å². The number of nitriles is 1. The molecule has 0 aromatic carbocycles. The third kappa shape index (κ3) is 3.51. The van der Waals surface area contributed by atoms with Gasteiger partial charge in [0.2, 0.25) is 0 Å². The Balaban J connectivity index is 1.35. The first kappa shape index (κ1) is 17.9. The van der Waals surface area contributed by atoms with Gasteiger partial charge in [0, 0.05) is 42.9 Å². The lowest BCUT2D eigenvalue weighted by atomic mass is 9.97. The third-order valence-electron chi connectivity index (χ3n) is 6.06. The SMILES string of the molecule is Cc1cc(Nc2cn3nccc3c(NC3CC4CCC(C3)N4CCC#N)n2)n[nH]1. The smallest absolute Gasteiger partial charge is 0.154 e. The molecule has 3 N–H and O–H groups in total. The number of rotatable bonds is 6. The van der Waals surface area contributed by atoms with E-state index in [2.05, 4.69) is 36.9 Å². The maximum absolute atomic E-state index is 8.93. The monoisotopic (exact) mass is 391 g/mol. The number of aromatic amines is 1. The highest BCUT2D eigenvalue weighted by Gasteiger charge is 2.40. The molecule has 0 aliphatic carbocycles. The van der Waals surface area contributed by atoms with Crippen molar-refractivity contribution in [3.05, 3.63) is 30.2 Å². The Hall–Kier alpha value is -3.12. The fourth-order valence-corrected chi connectivity index (χ4v) is 4.84. The van der Waals surface area contributed by atoms with Gasteiger partial charge in [-0.25, -0.2) is 9.50 Å². The van der Waals surface area contributed by atoms with Crippen LogP contribution in [0.2, 0.25) is 0 Å². The van der Waals surface area contributed by atoms with Gasteiger partial charge in [-0.15, -0.1) is 0 Å². The molecule has 2 saturated heterocycles. The number of hydrogen-bond donors (Lipinski definition) is 3. The number of fused-ring (bicyclic) bond motifs is 3. The number of anilines is 3. The number of aromatic nitrogens is 5. The molecule has 5 heterocycles. The van der Waals surface area contributed by atoms with Crippen LogP contribution in [0.15, 0.2) is 24.5 Å². The van der Waals surface area contributed by atoms with Crippen molar-refractivity contribution >= 4 is 23.0 Å². The normalized spacial score (nSPS) is 23.9. The van der Waals surface area contributed by atoms with E-state index >= 15 is 0 Å². The average Bonchev–Trinajstić information content (AvgIpc) is 3.39. The van der Waals surface area contributed by atoms with Gasteiger partial charge in [-0.2, -0.15) is 15.5 Å². The highest BCUT2D eigenvalue weighted by atomic mass is 15.3. The molecule has 2 atom stereocenters. The fraction of sp³-hybridized carbons (Fsp3) is 0.500. The molecular weight excluding hydrogens is 366 g/mol. The Morgan fingerprint density at radius 3 is 2.83 bits per heavy atom. The van der Waals surface area contributed by atoms with Crippen LogP contribution in [0.5, 0.6) is 0 Å². The molecule has 29 heavy (non-hydrogen) atoms. The molecule has 2 aliphatic heterocycles. The first-order chi connectivity index (χ1) is 14.2. The first-order valence-corrected chi connectivity index (χ1v) is 10.2. The van der Waals surface area contributed by atoms with Crippen molar-refractivity contribution in [2.24, 2.45) is 0 Å². The molecule has 9 heteroatoms. The summed E-state index contributed by atoms with van der Waals surface area (Å²) in [5, 5.41) is 27.4. The van der Waals surface area contributed by atoms with Gasteiger partial charge in [0.25, 0.3) is 0 Å². The second-order valence-electron chi connectivity index (χ2n) is 8.04. The Morgan fingerprint density at radius 1 is 1.28 bits per heavy atom. The standard InChI is InChI=1S/C20H25N9/c1-13-9-18(27-26-13)24-19-12-29-17(5-7-22-29)20(25-19)23-14-10-15-3-4-16(11-14)28(15)8-2-6-21/h5,7,9,12,14-16H,2-4,8,10-11H2,1H3,(H,23,25)(H2,24,26,27). The summed E-state index contributed by atoms with van der Waals surface area (Å²) in [7, 11) is 0. The minimum absolute atomic E-state index is 0.375. The summed E-state index contributed by atoms with van der Waals surface area (Å²) in [4.78, 5) is 7.36. The van der Waals surface area contributed by atoms with Crippen molar-refractivity contribution in [3.8, 4) is 6.07 Å². The van der Waals surface area contributed by atoms with E-state index in [1.807, 2.05) is 29.8 Å². The molecule has 2 bridgehead atoms. The van der Waals surface area contributed by atoms with Gasteiger partial charge in [-0.05, 0) is 38.7 Å². The van der Waals surface area contributed by atoms with Crippen LogP contribution in [0.25, 0.3) is 5.52 Å². The van der Waals surface area contributed by atoms with Crippen LogP contribution in [0.1, 0.15) is 37.8 Å². The lowest BCUT2D eigenvalue weighted by Gasteiger charge is -2.39. The number of H-pyrrole nitrogens is 1. The summed E-state index contributed by atoms with van der Waals surface area (Å²) in [5.74, 6) is 2.27. The van der Waals surface area contributed by atoms with Crippen LogP contribution in [0.4, 0.5) is 17.5 Å². The van der Waals surface area contributed by atoms with E-state index in [0.717, 1.165) is 42.2 Å². The van der Waals surface area contributed by atoms with E-state index in [9.17, 15) is 0 Å². The molecule has 2 fully saturated rings. The molecule has 3 aromatic rings. The quantitative estimate of drug-likeness (QED) is 0.593. The van der Waals surface area contributed by atoms with Crippen LogP contribution in [-0.4, -0.2) is 54.4 Å². The molecule has 0 radical (unpaired) electrons. The molecule has 0 saturated carbocycles. The van der Waals surface area contributed by atoms with E-state index in [-0.39, 0.29) is 0 Å². The lowest BCUT2D eigenvalue weighted by Crippen LogP contribution is -2.47. The minimum atomic E-state index is 0.375. The van der Waals surface area contributed by atoms with E-state index in [1.165, 1.54) is 12.8 Å². The van der Waals surface area contributed by atoms with Crippen LogP contribution in [0, 0.1) is 18.3 Å². The number of nitrogens with one attached hydrogen (secondary N) is 3. The van der Waals surface area contributed by atoms with Crippen molar-refractivity contribution in [2.45, 2.75) is 57.2 Å². The third-order valence-corrected chi connectivity index (χ3v) is 6.06. The number of nitrogens with zero attached hydrogens (tertiary/aromatic N) is 6. The first-order valence-electron chi connectivity index (χ1n) is 10.2. The predicted molar refractivity (Wildman–Crippen MR) is 110 cm³/mol. The fourth-order valence-electron chi connectivity index (χ4n) is 4.84. The Labute approximate surface area is 169 Å². The van der Waals surface area contributed by atoms with Crippen LogP contribution in [0.3, 0.4) is 0 Å².